The van der Waals surface area contributed by atoms with Crippen LogP contribution in [0.1, 0.15) is 55.4 Å². The second-order valence-corrected chi connectivity index (χ2v) is 9.96. The fourth-order valence-electron chi connectivity index (χ4n) is 2.33. The summed E-state index contributed by atoms with van der Waals surface area (Å²) in [6, 6.07) is 0. The fourth-order valence-corrected chi connectivity index (χ4v) is 2.33. The Morgan fingerprint density at radius 3 is 1.00 bits per heavy atom. The van der Waals surface area contributed by atoms with Gasteiger partial charge < -0.3 is 28.4 Å². The molecule has 0 N–H and O–H groups in total. The molecule has 0 aromatic carbocycles. The molecule has 3 fully saturated rings. The summed E-state index contributed by atoms with van der Waals surface area (Å²) in [5.74, 6) is 0. The van der Waals surface area contributed by atoms with Crippen molar-refractivity contribution in [2.75, 3.05) is 53.4 Å². The number of hydrogen-bond acceptors (Lipinski definition) is 6. The Kier molecular flexibility index (Phi) is 8.97. The van der Waals surface area contributed by atoms with E-state index >= 15 is 0 Å². The zero-order valence-corrected chi connectivity index (χ0v) is 18.1. The average Bonchev–Trinajstić information content (AvgIpc) is 2.51. The summed E-state index contributed by atoms with van der Waals surface area (Å²) in [4.78, 5) is 0. The van der Waals surface area contributed by atoms with Crippen LogP contribution >= 0.6 is 0 Å². The van der Waals surface area contributed by atoms with Gasteiger partial charge in [0, 0.05) is 16.2 Å². The quantitative estimate of drug-likeness (QED) is 0.640. The molecular weight excluding hydrogens is 336 g/mol. The Morgan fingerprint density at radius 1 is 0.462 bits per heavy atom. The highest BCUT2D eigenvalue weighted by molar-refractivity contribution is 4.88. The van der Waals surface area contributed by atoms with Gasteiger partial charge in [0.15, 0.2) is 0 Å². The summed E-state index contributed by atoms with van der Waals surface area (Å²) in [5.41, 5.74) is 0.549. The third-order valence-electron chi connectivity index (χ3n) is 4.90. The van der Waals surface area contributed by atoms with Gasteiger partial charge in [-0.05, 0) is 13.8 Å². The van der Waals surface area contributed by atoms with Crippen LogP contribution in [-0.4, -0.2) is 59.0 Å². The summed E-state index contributed by atoms with van der Waals surface area (Å²) in [6.07, 6.45) is 0. The Morgan fingerprint density at radius 2 is 0.808 bits per heavy atom. The minimum absolute atomic E-state index is 0.0503. The Labute approximate surface area is 159 Å². The van der Waals surface area contributed by atoms with Crippen LogP contribution in [0.25, 0.3) is 0 Å². The molecule has 0 bridgehead atoms. The molecule has 6 nitrogen and oxygen atoms in total. The Balaban J connectivity index is 0.000000197. The summed E-state index contributed by atoms with van der Waals surface area (Å²) >= 11 is 0. The first-order valence-corrected chi connectivity index (χ1v) is 9.40. The molecule has 26 heavy (non-hydrogen) atoms. The van der Waals surface area contributed by atoms with Gasteiger partial charge in [-0.15, -0.1) is 0 Å². The number of hydrogen-bond donors (Lipinski definition) is 0. The smallest absolute Gasteiger partial charge is 0.147 e. The maximum Gasteiger partial charge on any atom is 0.147 e. The monoisotopic (exact) mass is 376 g/mol. The SMILES string of the molecule is CC1(C)COCOC1.CC1(C)COCOC1.CC1(C)COCOC1(C)C. The minimum atomic E-state index is -0.0503. The molecule has 0 aromatic heterocycles. The van der Waals surface area contributed by atoms with E-state index in [2.05, 4.69) is 55.4 Å². The molecule has 0 saturated carbocycles. The van der Waals surface area contributed by atoms with Gasteiger partial charge >= 0.3 is 0 Å². The lowest BCUT2D eigenvalue weighted by atomic mass is 9.77. The molecule has 0 radical (unpaired) electrons. The van der Waals surface area contributed by atoms with Gasteiger partial charge in [0.1, 0.15) is 20.4 Å². The highest BCUT2D eigenvalue weighted by Crippen LogP contribution is 2.36. The van der Waals surface area contributed by atoms with Crippen LogP contribution < -0.4 is 0 Å². The first kappa shape index (κ1) is 23.8. The molecular formula is C20H40O6. The fraction of sp³-hybridized carbons (Fsp3) is 1.00. The lowest BCUT2D eigenvalue weighted by molar-refractivity contribution is -0.241. The first-order valence-electron chi connectivity index (χ1n) is 9.40. The lowest BCUT2D eigenvalue weighted by Crippen LogP contribution is -2.49. The van der Waals surface area contributed by atoms with Crippen molar-refractivity contribution >= 4 is 0 Å². The van der Waals surface area contributed by atoms with E-state index in [0.29, 0.717) is 20.4 Å². The molecule has 6 heteroatoms. The van der Waals surface area contributed by atoms with E-state index in [1.165, 1.54) is 0 Å². The van der Waals surface area contributed by atoms with Crippen LogP contribution in [-0.2, 0) is 28.4 Å². The maximum atomic E-state index is 5.46. The summed E-state index contributed by atoms with van der Waals surface area (Å²) in [7, 11) is 0. The number of rotatable bonds is 0. The predicted molar refractivity (Wildman–Crippen MR) is 101 cm³/mol. The van der Waals surface area contributed by atoms with E-state index in [0.717, 1.165) is 33.0 Å². The van der Waals surface area contributed by atoms with Crippen molar-refractivity contribution in [3.8, 4) is 0 Å². The van der Waals surface area contributed by atoms with E-state index < -0.39 is 0 Å². The second-order valence-electron chi connectivity index (χ2n) is 9.96. The standard InChI is InChI=1S/C8H16O2.2C6H12O2/c1-7(2)5-9-6-10-8(7,3)4;2*1-6(2)3-7-5-8-4-6/h5-6H2,1-4H3;2*3-5H2,1-2H3. The van der Waals surface area contributed by atoms with Crippen LogP contribution in [0, 0.1) is 16.2 Å². The minimum Gasteiger partial charge on any atom is -0.355 e. The third-order valence-corrected chi connectivity index (χ3v) is 4.90. The lowest BCUT2D eigenvalue weighted by Gasteiger charge is -2.44. The van der Waals surface area contributed by atoms with Gasteiger partial charge in [-0.25, -0.2) is 0 Å². The van der Waals surface area contributed by atoms with Crippen molar-refractivity contribution in [2.24, 2.45) is 16.2 Å². The van der Waals surface area contributed by atoms with E-state index in [1.54, 1.807) is 0 Å². The van der Waals surface area contributed by atoms with E-state index in [4.69, 9.17) is 28.4 Å². The second kappa shape index (κ2) is 9.80. The summed E-state index contributed by atoms with van der Waals surface area (Å²) < 4.78 is 30.9. The predicted octanol–water partition coefficient (Wildman–Crippen LogP) is 3.83. The summed E-state index contributed by atoms with van der Waals surface area (Å²) in [6.45, 7) is 22.5. The maximum absolute atomic E-state index is 5.46. The van der Waals surface area contributed by atoms with Crippen LogP contribution in [0.3, 0.4) is 0 Å². The molecule has 0 unspecified atom stereocenters. The van der Waals surface area contributed by atoms with Crippen molar-refractivity contribution in [1.29, 1.82) is 0 Å². The molecule has 3 aliphatic heterocycles. The molecule has 3 aliphatic rings. The molecule has 3 rings (SSSR count). The number of ether oxygens (including phenoxy) is 6. The molecule has 0 aliphatic carbocycles. The molecule has 0 atom stereocenters. The zero-order valence-electron chi connectivity index (χ0n) is 18.1. The molecule has 0 amide bonds. The van der Waals surface area contributed by atoms with Gasteiger partial charge in [0.25, 0.3) is 0 Å². The van der Waals surface area contributed by atoms with Crippen molar-refractivity contribution in [3.05, 3.63) is 0 Å². The van der Waals surface area contributed by atoms with Crippen molar-refractivity contribution in [1.82, 2.24) is 0 Å². The van der Waals surface area contributed by atoms with Gasteiger partial charge in [0.05, 0.1) is 38.6 Å². The van der Waals surface area contributed by atoms with Crippen molar-refractivity contribution in [2.45, 2.75) is 61.0 Å². The Hall–Kier alpha value is -0.240. The van der Waals surface area contributed by atoms with Crippen molar-refractivity contribution in [3.63, 3.8) is 0 Å². The van der Waals surface area contributed by atoms with E-state index in [1.807, 2.05) is 0 Å². The highest BCUT2D eigenvalue weighted by Gasteiger charge is 2.41. The molecule has 0 spiro atoms. The van der Waals surface area contributed by atoms with Gasteiger partial charge in [-0.1, -0.05) is 41.5 Å². The van der Waals surface area contributed by atoms with Gasteiger partial charge in [-0.2, -0.15) is 0 Å². The molecule has 0 aromatic rings. The molecule has 3 saturated heterocycles. The highest BCUT2D eigenvalue weighted by atomic mass is 16.7. The van der Waals surface area contributed by atoms with Crippen LogP contribution in [0.15, 0.2) is 0 Å². The van der Waals surface area contributed by atoms with E-state index in [-0.39, 0.29) is 21.8 Å². The van der Waals surface area contributed by atoms with Crippen molar-refractivity contribution < 1.29 is 28.4 Å². The zero-order chi connectivity index (χ0) is 19.9. The van der Waals surface area contributed by atoms with E-state index in [9.17, 15) is 0 Å². The average molecular weight is 377 g/mol. The van der Waals surface area contributed by atoms with Gasteiger partial charge in [0.2, 0.25) is 0 Å². The van der Waals surface area contributed by atoms with Crippen LogP contribution in [0.4, 0.5) is 0 Å². The normalized spacial score (nSPS) is 28.6. The molecule has 156 valence electrons. The largest absolute Gasteiger partial charge is 0.355 e. The topological polar surface area (TPSA) is 55.4 Å². The Bertz CT molecular complexity index is 349. The third kappa shape index (κ3) is 8.63. The first-order chi connectivity index (χ1) is 11.9. The van der Waals surface area contributed by atoms with Crippen LogP contribution in [0.2, 0.25) is 0 Å². The van der Waals surface area contributed by atoms with Gasteiger partial charge in [-0.3, -0.25) is 0 Å². The molecule has 3 heterocycles. The summed E-state index contributed by atoms with van der Waals surface area (Å²) in [5, 5.41) is 0. The van der Waals surface area contributed by atoms with Crippen LogP contribution in [0.5, 0.6) is 0 Å².